The lowest BCUT2D eigenvalue weighted by molar-refractivity contribution is 0.664. The molecule has 0 aliphatic rings. The summed E-state index contributed by atoms with van der Waals surface area (Å²) in [5.41, 5.74) is 23.3. The Morgan fingerprint density at radius 1 is 0.303 bits per heavy atom. The van der Waals surface area contributed by atoms with E-state index in [1.807, 2.05) is 13.8 Å². The van der Waals surface area contributed by atoms with Crippen molar-refractivity contribution in [2.45, 2.75) is 145 Å². The summed E-state index contributed by atoms with van der Waals surface area (Å²) in [4.78, 5) is 0. The number of aryl methyl sites for hydroxylation is 6. The molecule has 0 amide bonds. The summed E-state index contributed by atoms with van der Waals surface area (Å²) >= 11 is 0. The van der Waals surface area contributed by atoms with Crippen molar-refractivity contribution in [1.29, 1.82) is 0 Å². The topological polar surface area (TPSA) is 24.1 Å². The molecule has 0 aliphatic heterocycles. The molecule has 66 heavy (non-hydrogen) atoms. The highest BCUT2D eigenvalue weighted by molar-refractivity contribution is 5.82. The fourth-order valence-corrected chi connectivity index (χ4v) is 9.31. The van der Waals surface area contributed by atoms with Crippen molar-refractivity contribution in [3.63, 3.8) is 0 Å². The SMILES string of the molecule is CC.CCCCCCc1cc(-c2ccc(Nc3ccc(-c4ccc(CCC)cc4)cc3)cc2C)c(CCCCCC)cc1-c1ccc(Nc2ccc(-c3ccc(CCC)cc3)cc2)cc1C. The Morgan fingerprint density at radius 3 is 0.955 bits per heavy atom. The van der Waals surface area contributed by atoms with E-state index in [1.165, 1.54) is 142 Å². The Hall–Kier alpha value is -5.86. The lowest BCUT2D eigenvalue weighted by atomic mass is 9.85. The van der Waals surface area contributed by atoms with Crippen LogP contribution in [0, 0.1) is 13.8 Å². The quantitative estimate of drug-likeness (QED) is 0.0663. The third-order valence-electron chi connectivity index (χ3n) is 13.0. The van der Waals surface area contributed by atoms with Crippen molar-refractivity contribution in [3.05, 3.63) is 179 Å². The van der Waals surface area contributed by atoms with Gasteiger partial charge in [-0.05, 0) is 179 Å². The summed E-state index contributed by atoms with van der Waals surface area (Å²) in [6.45, 7) is 17.7. The van der Waals surface area contributed by atoms with Crippen LogP contribution in [0.5, 0.6) is 0 Å². The first-order chi connectivity index (χ1) is 32.3. The van der Waals surface area contributed by atoms with E-state index in [2.05, 4.69) is 198 Å². The molecule has 0 fully saturated rings. The molecule has 7 aromatic carbocycles. The maximum Gasteiger partial charge on any atom is 0.0387 e. The summed E-state index contributed by atoms with van der Waals surface area (Å²) in [6.07, 6.45) is 16.8. The minimum atomic E-state index is 1.09. The average molecular weight is 875 g/mol. The molecule has 0 bridgehead atoms. The Balaban J connectivity index is 0.00000355. The molecule has 2 nitrogen and oxygen atoms in total. The van der Waals surface area contributed by atoms with E-state index in [9.17, 15) is 0 Å². The lowest BCUT2D eigenvalue weighted by Gasteiger charge is -2.21. The van der Waals surface area contributed by atoms with Crippen LogP contribution in [0.3, 0.4) is 0 Å². The summed E-state index contributed by atoms with van der Waals surface area (Å²) < 4.78 is 0. The molecule has 0 saturated carbocycles. The van der Waals surface area contributed by atoms with Gasteiger partial charge in [-0.3, -0.25) is 0 Å². The number of nitrogens with one attached hydrogen (secondary N) is 2. The molecule has 7 rings (SSSR count). The van der Waals surface area contributed by atoms with Crippen LogP contribution in [-0.4, -0.2) is 0 Å². The minimum absolute atomic E-state index is 1.09. The van der Waals surface area contributed by atoms with Gasteiger partial charge in [0.2, 0.25) is 0 Å². The molecule has 0 spiro atoms. The van der Waals surface area contributed by atoms with Crippen molar-refractivity contribution in [1.82, 2.24) is 0 Å². The smallest absolute Gasteiger partial charge is 0.0387 e. The van der Waals surface area contributed by atoms with Crippen molar-refractivity contribution < 1.29 is 0 Å². The van der Waals surface area contributed by atoms with Crippen molar-refractivity contribution in [3.8, 4) is 44.5 Å². The first-order valence-corrected chi connectivity index (χ1v) is 25.7. The first kappa shape index (κ1) is 49.6. The van der Waals surface area contributed by atoms with Crippen LogP contribution in [0.25, 0.3) is 44.5 Å². The molecule has 0 heterocycles. The Morgan fingerprint density at radius 2 is 0.636 bits per heavy atom. The normalized spacial score (nSPS) is 11.0. The highest BCUT2D eigenvalue weighted by Gasteiger charge is 2.17. The van der Waals surface area contributed by atoms with Gasteiger partial charge in [0, 0.05) is 22.7 Å². The van der Waals surface area contributed by atoms with Crippen LogP contribution >= 0.6 is 0 Å². The first-order valence-electron chi connectivity index (χ1n) is 25.7. The van der Waals surface area contributed by atoms with E-state index in [-0.39, 0.29) is 0 Å². The number of hydrogen-bond donors (Lipinski definition) is 2. The van der Waals surface area contributed by atoms with Crippen molar-refractivity contribution in [2.24, 2.45) is 0 Å². The van der Waals surface area contributed by atoms with E-state index in [4.69, 9.17) is 0 Å². The Bertz CT molecular complexity index is 2350. The van der Waals surface area contributed by atoms with E-state index >= 15 is 0 Å². The second-order valence-electron chi connectivity index (χ2n) is 18.1. The molecule has 7 aromatic rings. The van der Waals surface area contributed by atoms with Gasteiger partial charge >= 0.3 is 0 Å². The van der Waals surface area contributed by atoms with Gasteiger partial charge in [0.25, 0.3) is 0 Å². The molecule has 0 unspecified atom stereocenters. The van der Waals surface area contributed by atoms with Gasteiger partial charge < -0.3 is 10.6 Å². The van der Waals surface area contributed by atoms with E-state index < -0.39 is 0 Å². The third kappa shape index (κ3) is 13.6. The predicted octanol–water partition coefficient (Wildman–Crippen LogP) is 19.6. The van der Waals surface area contributed by atoms with Gasteiger partial charge in [-0.1, -0.05) is 190 Å². The van der Waals surface area contributed by atoms with Gasteiger partial charge in [0.15, 0.2) is 0 Å². The van der Waals surface area contributed by atoms with Crippen LogP contribution < -0.4 is 10.6 Å². The number of unbranched alkanes of at least 4 members (excludes halogenated alkanes) is 6. The van der Waals surface area contributed by atoms with Gasteiger partial charge in [0.05, 0.1) is 0 Å². The zero-order valence-corrected chi connectivity index (χ0v) is 41.8. The molecule has 0 atom stereocenters. The van der Waals surface area contributed by atoms with E-state index in [0.29, 0.717) is 0 Å². The largest absolute Gasteiger partial charge is 0.356 e. The number of rotatable bonds is 22. The fourth-order valence-electron chi connectivity index (χ4n) is 9.31. The summed E-state index contributed by atoms with van der Waals surface area (Å²) in [6, 6.07) is 54.8. The number of hydrogen-bond acceptors (Lipinski definition) is 2. The second kappa shape index (κ2) is 25.7. The summed E-state index contributed by atoms with van der Waals surface area (Å²) in [5.74, 6) is 0. The zero-order chi connectivity index (χ0) is 46.7. The van der Waals surface area contributed by atoms with Crippen molar-refractivity contribution in [2.75, 3.05) is 10.6 Å². The highest BCUT2D eigenvalue weighted by atomic mass is 14.9. The van der Waals surface area contributed by atoms with Gasteiger partial charge in [0.1, 0.15) is 0 Å². The molecule has 0 saturated heterocycles. The molecule has 344 valence electrons. The van der Waals surface area contributed by atoms with Crippen LogP contribution in [0.15, 0.2) is 146 Å². The Labute approximate surface area is 400 Å². The maximum absolute atomic E-state index is 3.71. The molecular formula is C64H78N2. The van der Waals surface area contributed by atoms with E-state index in [1.54, 1.807) is 0 Å². The molecule has 0 aromatic heterocycles. The molecule has 2 N–H and O–H groups in total. The van der Waals surface area contributed by atoms with Crippen molar-refractivity contribution >= 4 is 22.7 Å². The lowest BCUT2D eigenvalue weighted by Crippen LogP contribution is -2.01. The van der Waals surface area contributed by atoms with Crippen LogP contribution in [-0.2, 0) is 25.7 Å². The van der Waals surface area contributed by atoms with Crippen LogP contribution in [0.2, 0.25) is 0 Å². The fraction of sp³-hybridized carbons (Fsp3) is 0.344. The van der Waals surface area contributed by atoms with Gasteiger partial charge in [-0.25, -0.2) is 0 Å². The van der Waals surface area contributed by atoms with Crippen LogP contribution in [0.1, 0.15) is 139 Å². The average Bonchev–Trinajstić information content (AvgIpc) is 3.34. The molecule has 0 radical (unpaired) electrons. The standard InChI is InChI=1S/C62H72N2.C2H6/c1-7-11-13-15-19-53-43-62(60-40-38-58(42-46(60)6)64-56-35-31-52(32-36-56)50-27-23-48(18-10-4)24-28-50)54(20-16-14-12-8-2)44-61(53)59-39-37-57(41-45(59)5)63-55-33-29-51(30-34-55)49-25-21-47(17-9-3)22-26-49;1-2/h21-44,63-64H,7-20H2,1-6H3;1-2H3. The van der Waals surface area contributed by atoms with Crippen LogP contribution in [0.4, 0.5) is 22.7 Å². The number of benzene rings is 7. The van der Waals surface area contributed by atoms with Gasteiger partial charge in [-0.2, -0.15) is 0 Å². The monoisotopic (exact) mass is 875 g/mol. The summed E-state index contributed by atoms with van der Waals surface area (Å²) in [7, 11) is 0. The zero-order valence-electron chi connectivity index (χ0n) is 41.8. The third-order valence-corrected chi connectivity index (χ3v) is 13.0. The highest BCUT2D eigenvalue weighted by Crippen LogP contribution is 2.39. The minimum Gasteiger partial charge on any atom is -0.356 e. The number of anilines is 4. The Kier molecular flexibility index (Phi) is 19.3. The molecular weight excluding hydrogens is 797 g/mol. The van der Waals surface area contributed by atoms with Gasteiger partial charge in [-0.15, -0.1) is 0 Å². The molecule has 2 heteroatoms. The van der Waals surface area contributed by atoms with E-state index in [0.717, 1.165) is 48.4 Å². The molecule has 0 aliphatic carbocycles. The predicted molar refractivity (Wildman–Crippen MR) is 292 cm³/mol. The maximum atomic E-state index is 3.71. The second-order valence-corrected chi connectivity index (χ2v) is 18.1. The summed E-state index contributed by atoms with van der Waals surface area (Å²) in [5, 5.41) is 7.42.